The molecule has 10 heteroatoms. The van der Waals surface area contributed by atoms with Gasteiger partial charge in [-0.25, -0.2) is 8.42 Å². The second-order valence-corrected chi connectivity index (χ2v) is 10.5. The highest BCUT2D eigenvalue weighted by Gasteiger charge is 2.32. The van der Waals surface area contributed by atoms with Crippen LogP contribution < -0.4 is 14.4 Å². The van der Waals surface area contributed by atoms with Gasteiger partial charge in [-0.15, -0.1) is 0 Å². The average Bonchev–Trinajstić information content (AvgIpc) is 2.90. The average molecular weight is 544 g/mol. The molecule has 0 unspecified atom stereocenters. The predicted octanol–water partition coefficient (Wildman–Crippen LogP) is 4.10. The van der Waals surface area contributed by atoms with Gasteiger partial charge in [-0.2, -0.15) is 0 Å². The summed E-state index contributed by atoms with van der Waals surface area (Å²) in [7, 11) is -2.57. The molecule has 0 bridgehead atoms. The van der Waals surface area contributed by atoms with Crippen LogP contribution in [-0.2, 0) is 26.2 Å². The van der Waals surface area contributed by atoms with E-state index in [1.165, 1.54) is 23.1 Å². The normalized spacial score (nSPS) is 11.9. The quantitative estimate of drug-likeness (QED) is 0.393. The van der Waals surface area contributed by atoms with Crippen LogP contribution >= 0.6 is 11.6 Å². The van der Waals surface area contributed by atoms with Crippen LogP contribution in [0.1, 0.15) is 19.4 Å². The molecule has 37 heavy (non-hydrogen) atoms. The minimum Gasteiger partial charge on any atom is -0.497 e. The predicted molar refractivity (Wildman–Crippen MR) is 144 cm³/mol. The number of nitrogens with one attached hydrogen (secondary N) is 1. The molecular weight excluding hydrogens is 514 g/mol. The molecule has 3 aromatic carbocycles. The Labute approximate surface area is 222 Å². The van der Waals surface area contributed by atoms with Crippen molar-refractivity contribution in [3.8, 4) is 5.75 Å². The topological polar surface area (TPSA) is 96.0 Å². The van der Waals surface area contributed by atoms with Crippen molar-refractivity contribution in [2.75, 3.05) is 24.5 Å². The molecular formula is C27H30ClN3O5S. The minimum atomic E-state index is -4.13. The number of methoxy groups -OCH3 is 1. The van der Waals surface area contributed by atoms with Crippen LogP contribution in [0.25, 0.3) is 0 Å². The third-order valence-corrected chi connectivity index (χ3v) is 7.76. The van der Waals surface area contributed by atoms with E-state index in [0.717, 1.165) is 9.87 Å². The number of benzene rings is 3. The Morgan fingerprint density at radius 2 is 1.68 bits per heavy atom. The van der Waals surface area contributed by atoms with Gasteiger partial charge in [-0.1, -0.05) is 48.0 Å². The number of carbonyl (C=O) groups is 2. The van der Waals surface area contributed by atoms with Gasteiger partial charge in [0.2, 0.25) is 11.8 Å². The van der Waals surface area contributed by atoms with E-state index in [1.54, 1.807) is 81.6 Å². The summed E-state index contributed by atoms with van der Waals surface area (Å²) >= 11 is 6.16. The summed E-state index contributed by atoms with van der Waals surface area (Å²) in [5.41, 5.74) is 0.991. The Balaban J connectivity index is 2.00. The van der Waals surface area contributed by atoms with E-state index in [-0.39, 0.29) is 23.0 Å². The summed E-state index contributed by atoms with van der Waals surface area (Å²) in [4.78, 5) is 27.9. The van der Waals surface area contributed by atoms with Crippen molar-refractivity contribution in [1.82, 2.24) is 10.2 Å². The number of ether oxygens (including phenoxy) is 1. The van der Waals surface area contributed by atoms with Gasteiger partial charge in [-0.05, 0) is 61.9 Å². The zero-order chi connectivity index (χ0) is 27.0. The fraction of sp³-hybridized carbons (Fsp3) is 0.259. The molecule has 0 saturated carbocycles. The summed E-state index contributed by atoms with van der Waals surface area (Å²) in [6.07, 6.45) is 0. The van der Waals surface area contributed by atoms with Gasteiger partial charge >= 0.3 is 0 Å². The molecule has 1 N–H and O–H groups in total. The molecule has 3 rings (SSSR count). The molecule has 0 aliphatic heterocycles. The number of nitrogens with zero attached hydrogens (tertiary/aromatic N) is 2. The Kier molecular flexibility index (Phi) is 9.54. The van der Waals surface area contributed by atoms with Crippen LogP contribution in [0.3, 0.4) is 0 Å². The highest BCUT2D eigenvalue weighted by molar-refractivity contribution is 7.92. The number of halogens is 1. The standard InChI is InChI=1S/C27H30ClN3O5S/c1-4-29-27(33)20(2)30(18-21-13-15-24(36-3)16-14-21)26(32)19-31(23-10-8-9-22(28)17-23)37(34,35)25-11-6-5-7-12-25/h5-17,20H,4,18-19H2,1-3H3,(H,29,33)/t20-/m1/s1. The van der Waals surface area contributed by atoms with Crippen molar-refractivity contribution in [1.29, 1.82) is 0 Å². The molecule has 0 radical (unpaired) electrons. The van der Waals surface area contributed by atoms with Crippen LogP contribution in [0.5, 0.6) is 5.75 Å². The van der Waals surface area contributed by atoms with Crippen molar-refractivity contribution in [2.45, 2.75) is 31.3 Å². The lowest BCUT2D eigenvalue weighted by Crippen LogP contribution is -2.51. The smallest absolute Gasteiger partial charge is 0.264 e. The summed E-state index contributed by atoms with van der Waals surface area (Å²) in [6, 6.07) is 20.4. The fourth-order valence-corrected chi connectivity index (χ4v) is 5.32. The Morgan fingerprint density at radius 3 is 2.27 bits per heavy atom. The maximum absolute atomic E-state index is 13.7. The molecule has 1 atom stereocenters. The van der Waals surface area contributed by atoms with Crippen molar-refractivity contribution in [2.24, 2.45) is 0 Å². The SMILES string of the molecule is CCNC(=O)[C@@H](C)N(Cc1ccc(OC)cc1)C(=O)CN(c1cccc(Cl)c1)S(=O)(=O)c1ccccc1. The van der Waals surface area contributed by atoms with Gasteiger partial charge in [0.05, 0.1) is 17.7 Å². The number of amides is 2. The zero-order valence-electron chi connectivity index (χ0n) is 20.9. The molecule has 0 fully saturated rings. The van der Waals surface area contributed by atoms with Crippen LogP contribution in [0.15, 0.2) is 83.8 Å². The van der Waals surface area contributed by atoms with Gasteiger partial charge < -0.3 is 15.0 Å². The molecule has 0 aliphatic rings. The van der Waals surface area contributed by atoms with Crippen molar-refractivity contribution in [3.05, 3.63) is 89.4 Å². The number of sulfonamides is 1. The van der Waals surface area contributed by atoms with E-state index < -0.39 is 28.5 Å². The second-order valence-electron chi connectivity index (χ2n) is 8.24. The van der Waals surface area contributed by atoms with Crippen LogP contribution in [0.4, 0.5) is 5.69 Å². The molecule has 0 saturated heterocycles. The number of carbonyl (C=O) groups excluding carboxylic acids is 2. The van der Waals surface area contributed by atoms with E-state index >= 15 is 0 Å². The van der Waals surface area contributed by atoms with E-state index in [1.807, 2.05) is 0 Å². The number of rotatable bonds is 11. The number of likely N-dealkylation sites (N-methyl/N-ethyl adjacent to an activating group) is 1. The largest absolute Gasteiger partial charge is 0.497 e. The first-order valence-electron chi connectivity index (χ1n) is 11.7. The summed E-state index contributed by atoms with van der Waals surface area (Å²) < 4.78 is 33.5. The van der Waals surface area contributed by atoms with Gasteiger partial charge in [-0.3, -0.25) is 13.9 Å². The molecule has 2 amide bonds. The highest BCUT2D eigenvalue weighted by atomic mass is 35.5. The number of anilines is 1. The van der Waals surface area contributed by atoms with Gasteiger partial charge in [0, 0.05) is 18.1 Å². The van der Waals surface area contributed by atoms with E-state index in [9.17, 15) is 18.0 Å². The van der Waals surface area contributed by atoms with E-state index in [2.05, 4.69) is 5.32 Å². The lowest BCUT2D eigenvalue weighted by molar-refractivity contribution is -0.139. The van der Waals surface area contributed by atoms with Gasteiger partial charge in [0.25, 0.3) is 10.0 Å². The van der Waals surface area contributed by atoms with Crippen molar-refractivity contribution in [3.63, 3.8) is 0 Å². The number of hydrogen-bond acceptors (Lipinski definition) is 5. The van der Waals surface area contributed by atoms with Crippen molar-refractivity contribution >= 4 is 39.1 Å². The molecule has 0 spiro atoms. The maximum atomic E-state index is 13.7. The summed E-state index contributed by atoms with van der Waals surface area (Å²) in [6.45, 7) is 3.35. The molecule has 0 aromatic heterocycles. The lowest BCUT2D eigenvalue weighted by atomic mass is 10.1. The Morgan fingerprint density at radius 1 is 1.00 bits per heavy atom. The Hall–Kier alpha value is -3.56. The van der Waals surface area contributed by atoms with Crippen LogP contribution in [-0.4, -0.2) is 51.4 Å². The lowest BCUT2D eigenvalue weighted by Gasteiger charge is -2.32. The van der Waals surface area contributed by atoms with Crippen LogP contribution in [0.2, 0.25) is 5.02 Å². The first kappa shape index (κ1) is 28.0. The molecule has 0 heterocycles. The number of hydrogen-bond donors (Lipinski definition) is 1. The first-order valence-corrected chi connectivity index (χ1v) is 13.5. The summed E-state index contributed by atoms with van der Waals surface area (Å²) in [5.74, 6) is -0.238. The third-order valence-electron chi connectivity index (χ3n) is 5.74. The van der Waals surface area contributed by atoms with E-state index in [4.69, 9.17) is 16.3 Å². The maximum Gasteiger partial charge on any atom is 0.264 e. The molecule has 0 aliphatic carbocycles. The molecule has 3 aromatic rings. The van der Waals surface area contributed by atoms with Crippen molar-refractivity contribution < 1.29 is 22.7 Å². The molecule has 8 nitrogen and oxygen atoms in total. The first-order chi connectivity index (χ1) is 17.7. The zero-order valence-corrected chi connectivity index (χ0v) is 22.5. The minimum absolute atomic E-state index is 0.0289. The second kappa shape index (κ2) is 12.6. The van der Waals surface area contributed by atoms with E-state index in [0.29, 0.717) is 17.3 Å². The van der Waals surface area contributed by atoms with Crippen LogP contribution in [0, 0.1) is 0 Å². The Bertz CT molecular complexity index is 1320. The monoisotopic (exact) mass is 543 g/mol. The fourth-order valence-electron chi connectivity index (χ4n) is 3.71. The highest BCUT2D eigenvalue weighted by Crippen LogP contribution is 2.27. The summed E-state index contributed by atoms with van der Waals surface area (Å²) in [5, 5.41) is 3.05. The molecule has 196 valence electrons. The van der Waals surface area contributed by atoms with Gasteiger partial charge in [0.15, 0.2) is 0 Å². The van der Waals surface area contributed by atoms with Gasteiger partial charge in [0.1, 0.15) is 18.3 Å². The third kappa shape index (κ3) is 7.02.